The second-order valence-corrected chi connectivity index (χ2v) is 4.11. The lowest BCUT2D eigenvalue weighted by atomic mass is 10.0. The van der Waals surface area contributed by atoms with Gasteiger partial charge in [0.05, 0.1) is 7.11 Å². The van der Waals surface area contributed by atoms with E-state index >= 15 is 0 Å². The lowest BCUT2D eigenvalue weighted by Gasteiger charge is -2.11. The number of ether oxygens (including phenoxy) is 1. The Labute approximate surface area is 118 Å². The van der Waals surface area contributed by atoms with Crippen LogP contribution in [0.1, 0.15) is 18.1 Å². The molecule has 20 heavy (non-hydrogen) atoms. The van der Waals surface area contributed by atoms with Gasteiger partial charge < -0.3 is 9.84 Å². The van der Waals surface area contributed by atoms with Gasteiger partial charge in [-0.25, -0.2) is 4.79 Å². The van der Waals surface area contributed by atoms with E-state index in [-0.39, 0.29) is 5.71 Å². The summed E-state index contributed by atoms with van der Waals surface area (Å²) in [5.74, 6) is -0.340. The highest BCUT2D eigenvalue weighted by Crippen LogP contribution is 2.30. The van der Waals surface area contributed by atoms with Gasteiger partial charge in [0.15, 0.2) is 0 Å². The van der Waals surface area contributed by atoms with Crippen LogP contribution in [0.3, 0.4) is 0 Å². The normalized spacial score (nSPS) is 11.8. The molecule has 0 atom stereocenters. The lowest BCUT2D eigenvalue weighted by molar-refractivity contribution is -0.129. The van der Waals surface area contributed by atoms with Crippen molar-refractivity contribution in [1.29, 1.82) is 0 Å². The first-order valence-corrected chi connectivity index (χ1v) is 5.99. The molecule has 0 radical (unpaired) electrons. The zero-order chi connectivity index (χ0) is 15.1. The van der Waals surface area contributed by atoms with Crippen LogP contribution in [0.5, 0.6) is 5.75 Å². The molecule has 0 aliphatic carbocycles. The summed E-state index contributed by atoms with van der Waals surface area (Å²) in [5.41, 5.74) is 5.15. The molecule has 0 heterocycles. The SMILES string of the molecule is C=C=C/C(=C\N=C(C)C(=O)O)c1cccc(C)c1OC. The van der Waals surface area contributed by atoms with E-state index in [2.05, 4.69) is 17.3 Å². The second-order valence-electron chi connectivity index (χ2n) is 4.11. The highest BCUT2D eigenvalue weighted by atomic mass is 16.5. The molecule has 0 aromatic heterocycles. The second kappa shape index (κ2) is 7.12. The summed E-state index contributed by atoms with van der Waals surface area (Å²) in [5, 5.41) is 8.82. The number of carbonyl (C=O) groups is 1. The van der Waals surface area contributed by atoms with Crippen molar-refractivity contribution in [2.75, 3.05) is 7.11 Å². The minimum atomic E-state index is -1.06. The Morgan fingerprint density at radius 2 is 2.20 bits per heavy atom. The van der Waals surface area contributed by atoms with E-state index in [4.69, 9.17) is 9.84 Å². The molecule has 1 rings (SSSR count). The van der Waals surface area contributed by atoms with Gasteiger partial charge in [-0.2, -0.15) is 0 Å². The molecule has 0 saturated heterocycles. The Hall–Kier alpha value is -2.58. The van der Waals surface area contributed by atoms with Gasteiger partial charge in [0.2, 0.25) is 0 Å². The fourth-order valence-corrected chi connectivity index (χ4v) is 1.67. The first-order chi connectivity index (χ1) is 9.51. The van der Waals surface area contributed by atoms with Crippen LogP contribution in [0.25, 0.3) is 5.57 Å². The van der Waals surface area contributed by atoms with Crippen LogP contribution in [0, 0.1) is 6.92 Å². The summed E-state index contributed by atoms with van der Waals surface area (Å²) >= 11 is 0. The minimum Gasteiger partial charge on any atom is -0.496 e. The van der Waals surface area contributed by atoms with E-state index in [1.165, 1.54) is 13.1 Å². The maximum absolute atomic E-state index is 10.8. The third-order valence-electron chi connectivity index (χ3n) is 2.69. The molecule has 4 heteroatoms. The molecule has 0 bridgehead atoms. The number of carboxylic acids is 1. The summed E-state index contributed by atoms with van der Waals surface area (Å²) in [6.45, 7) is 6.91. The first kappa shape index (κ1) is 15.5. The van der Waals surface area contributed by atoms with Crippen LogP contribution in [0.2, 0.25) is 0 Å². The quantitative estimate of drug-likeness (QED) is 0.508. The zero-order valence-electron chi connectivity index (χ0n) is 11.8. The van der Waals surface area contributed by atoms with Gasteiger partial charge >= 0.3 is 5.97 Å². The van der Waals surface area contributed by atoms with E-state index in [0.29, 0.717) is 11.3 Å². The van der Waals surface area contributed by atoms with Crippen molar-refractivity contribution in [3.63, 3.8) is 0 Å². The van der Waals surface area contributed by atoms with Gasteiger partial charge in [0.1, 0.15) is 11.5 Å². The highest BCUT2D eigenvalue weighted by molar-refractivity contribution is 6.34. The van der Waals surface area contributed by atoms with Crippen LogP contribution < -0.4 is 4.74 Å². The molecule has 1 N–H and O–H groups in total. The standard InChI is InChI=1S/C16H17NO3/c1-5-7-13(10-17-12(3)16(18)19)14-9-6-8-11(2)15(14)20-4/h6-10H,1H2,2-4H3,(H,18,19)/b13-10+,17-12?. The highest BCUT2D eigenvalue weighted by Gasteiger charge is 2.09. The maximum atomic E-state index is 10.8. The molecule has 0 fully saturated rings. The van der Waals surface area contributed by atoms with Crippen molar-refractivity contribution in [3.8, 4) is 5.75 Å². The van der Waals surface area contributed by atoms with Gasteiger partial charge in [0.25, 0.3) is 0 Å². The molecular formula is C16H17NO3. The molecule has 0 aliphatic rings. The van der Waals surface area contributed by atoms with Crippen LogP contribution >= 0.6 is 0 Å². The molecule has 0 aliphatic heterocycles. The summed E-state index contributed by atoms with van der Waals surface area (Å²) in [6.07, 6.45) is 3.11. The molecule has 0 spiro atoms. The van der Waals surface area contributed by atoms with E-state index in [0.717, 1.165) is 11.1 Å². The zero-order valence-corrected chi connectivity index (χ0v) is 11.8. The number of methoxy groups -OCH3 is 1. The van der Waals surface area contributed by atoms with Crippen molar-refractivity contribution in [1.82, 2.24) is 0 Å². The Bertz CT molecular complexity index is 621. The lowest BCUT2D eigenvalue weighted by Crippen LogP contribution is -2.07. The average molecular weight is 271 g/mol. The monoisotopic (exact) mass is 271 g/mol. The van der Waals surface area contributed by atoms with Crippen molar-refractivity contribution in [2.24, 2.45) is 4.99 Å². The van der Waals surface area contributed by atoms with Gasteiger partial charge in [-0.15, -0.1) is 5.73 Å². The number of rotatable bonds is 5. The van der Waals surface area contributed by atoms with Crippen LogP contribution in [-0.4, -0.2) is 23.9 Å². The molecule has 0 saturated carbocycles. The molecule has 4 nitrogen and oxygen atoms in total. The van der Waals surface area contributed by atoms with Crippen molar-refractivity contribution in [2.45, 2.75) is 13.8 Å². The third kappa shape index (κ3) is 3.70. The minimum absolute atomic E-state index is 0.00609. The molecule has 0 unspecified atom stereocenters. The van der Waals surface area contributed by atoms with Crippen molar-refractivity contribution in [3.05, 3.63) is 53.9 Å². The van der Waals surface area contributed by atoms with Crippen molar-refractivity contribution < 1.29 is 14.6 Å². The molecular weight excluding hydrogens is 254 g/mol. The molecule has 0 amide bonds. The third-order valence-corrected chi connectivity index (χ3v) is 2.69. The van der Waals surface area contributed by atoms with E-state index in [1.54, 1.807) is 13.2 Å². The fourth-order valence-electron chi connectivity index (χ4n) is 1.67. The smallest absolute Gasteiger partial charge is 0.349 e. The van der Waals surface area contributed by atoms with E-state index < -0.39 is 5.97 Å². The van der Waals surface area contributed by atoms with Crippen LogP contribution in [0.4, 0.5) is 0 Å². The van der Waals surface area contributed by atoms with E-state index in [1.807, 2.05) is 25.1 Å². The number of aliphatic imine (C=N–C) groups is 1. The summed E-state index contributed by atoms with van der Waals surface area (Å²) in [4.78, 5) is 14.7. The number of para-hydroxylation sites is 1. The van der Waals surface area contributed by atoms with E-state index in [9.17, 15) is 4.79 Å². The Morgan fingerprint density at radius 3 is 2.75 bits per heavy atom. The predicted octanol–water partition coefficient (Wildman–Crippen LogP) is 3.23. The molecule has 1 aromatic rings. The fraction of sp³-hybridized carbons (Fsp3) is 0.188. The Morgan fingerprint density at radius 1 is 1.50 bits per heavy atom. The number of allylic oxidation sites excluding steroid dienone is 2. The Kier molecular flexibility index (Phi) is 5.51. The van der Waals surface area contributed by atoms with Gasteiger partial charge in [-0.05, 0) is 25.5 Å². The van der Waals surface area contributed by atoms with Gasteiger partial charge in [-0.3, -0.25) is 4.99 Å². The number of benzene rings is 1. The average Bonchev–Trinajstić information content (AvgIpc) is 2.42. The number of nitrogens with zero attached hydrogens (tertiary/aromatic N) is 1. The molecule has 104 valence electrons. The summed E-state index contributed by atoms with van der Waals surface area (Å²) in [6, 6.07) is 5.70. The largest absolute Gasteiger partial charge is 0.496 e. The predicted molar refractivity (Wildman–Crippen MR) is 80.2 cm³/mol. The number of aryl methyl sites for hydroxylation is 1. The summed E-state index contributed by atoms with van der Waals surface area (Å²) < 4.78 is 5.38. The van der Waals surface area contributed by atoms with Gasteiger partial charge in [-0.1, -0.05) is 24.8 Å². The van der Waals surface area contributed by atoms with Gasteiger partial charge in [0, 0.05) is 17.3 Å². The number of hydrogen-bond donors (Lipinski definition) is 1. The number of carboxylic acid groups (broad SMARTS) is 1. The molecule has 1 aromatic carbocycles. The Balaban J connectivity index is 3.39. The maximum Gasteiger partial charge on any atom is 0.349 e. The van der Waals surface area contributed by atoms with Crippen LogP contribution in [0.15, 0.2) is 47.8 Å². The number of aliphatic carboxylic acids is 1. The first-order valence-electron chi connectivity index (χ1n) is 5.99. The van der Waals surface area contributed by atoms with Crippen LogP contribution in [-0.2, 0) is 4.79 Å². The van der Waals surface area contributed by atoms with Crippen molar-refractivity contribution >= 4 is 17.3 Å². The summed E-state index contributed by atoms with van der Waals surface area (Å²) in [7, 11) is 1.59. The number of hydrogen-bond acceptors (Lipinski definition) is 3. The topological polar surface area (TPSA) is 58.9 Å².